The molecule has 0 bridgehead atoms. The topological polar surface area (TPSA) is 63.7 Å². The number of nitrogens with zero attached hydrogens (tertiary/aromatic N) is 1. The summed E-state index contributed by atoms with van der Waals surface area (Å²) in [7, 11) is 0. The standard InChI is InChI=1S/C16H19NO4S/c1-4-21-16(20)14-9-12-7-5-6-8-13(12)17(14)15(19)10(2)22-11(3)18/h5-8,10,14H,4,9H2,1-3H3. The van der Waals surface area contributed by atoms with Gasteiger partial charge in [-0.3, -0.25) is 14.5 Å². The van der Waals surface area contributed by atoms with Crippen LogP contribution in [0.2, 0.25) is 0 Å². The number of anilines is 1. The van der Waals surface area contributed by atoms with Crippen LogP contribution < -0.4 is 4.90 Å². The molecule has 0 aromatic heterocycles. The third-order valence-corrected chi connectivity index (χ3v) is 4.35. The van der Waals surface area contributed by atoms with Crippen molar-refractivity contribution in [2.45, 2.75) is 38.5 Å². The number of fused-ring (bicyclic) bond motifs is 1. The Morgan fingerprint density at radius 2 is 2.05 bits per heavy atom. The molecule has 2 rings (SSSR count). The first-order chi connectivity index (χ1) is 10.5. The van der Waals surface area contributed by atoms with Crippen molar-refractivity contribution >= 4 is 34.4 Å². The van der Waals surface area contributed by atoms with E-state index in [0.717, 1.165) is 23.0 Å². The van der Waals surface area contributed by atoms with Crippen molar-refractivity contribution in [1.29, 1.82) is 0 Å². The fraction of sp³-hybridized carbons (Fsp3) is 0.438. The lowest BCUT2D eigenvalue weighted by molar-refractivity contribution is -0.145. The zero-order valence-corrected chi connectivity index (χ0v) is 13.7. The molecule has 0 saturated carbocycles. The number of carbonyl (C=O) groups is 3. The van der Waals surface area contributed by atoms with E-state index in [1.165, 1.54) is 11.8 Å². The number of hydrogen-bond donors (Lipinski definition) is 0. The second-order valence-electron chi connectivity index (χ2n) is 5.06. The van der Waals surface area contributed by atoms with E-state index in [4.69, 9.17) is 4.74 Å². The fourth-order valence-electron chi connectivity index (χ4n) is 2.58. The zero-order chi connectivity index (χ0) is 16.3. The SMILES string of the molecule is CCOC(=O)C1Cc2ccccc2N1C(=O)C(C)SC(C)=O. The van der Waals surface area contributed by atoms with Gasteiger partial charge in [0.15, 0.2) is 5.12 Å². The van der Waals surface area contributed by atoms with Gasteiger partial charge in [-0.2, -0.15) is 0 Å². The molecular weight excluding hydrogens is 302 g/mol. The zero-order valence-electron chi connectivity index (χ0n) is 12.9. The van der Waals surface area contributed by atoms with Crippen molar-refractivity contribution in [1.82, 2.24) is 0 Å². The molecule has 5 nitrogen and oxygen atoms in total. The third kappa shape index (κ3) is 3.32. The van der Waals surface area contributed by atoms with E-state index in [9.17, 15) is 14.4 Å². The van der Waals surface area contributed by atoms with Gasteiger partial charge in [0.25, 0.3) is 0 Å². The van der Waals surface area contributed by atoms with Crippen LogP contribution >= 0.6 is 11.8 Å². The Labute approximate surface area is 134 Å². The molecule has 1 aromatic carbocycles. The van der Waals surface area contributed by atoms with E-state index in [2.05, 4.69) is 0 Å². The second kappa shape index (κ2) is 6.96. The number of benzene rings is 1. The molecule has 1 aliphatic rings. The van der Waals surface area contributed by atoms with Gasteiger partial charge in [-0.05, 0) is 25.5 Å². The highest BCUT2D eigenvalue weighted by atomic mass is 32.2. The largest absolute Gasteiger partial charge is 0.464 e. The highest BCUT2D eigenvalue weighted by Gasteiger charge is 2.40. The summed E-state index contributed by atoms with van der Waals surface area (Å²) >= 11 is 0.969. The van der Waals surface area contributed by atoms with Crippen molar-refractivity contribution in [3.05, 3.63) is 29.8 Å². The Morgan fingerprint density at radius 3 is 2.68 bits per heavy atom. The minimum absolute atomic E-state index is 0.124. The molecule has 2 atom stereocenters. The molecule has 0 N–H and O–H groups in total. The smallest absolute Gasteiger partial charge is 0.329 e. The van der Waals surface area contributed by atoms with Crippen molar-refractivity contribution < 1.29 is 19.1 Å². The predicted molar refractivity (Wildman–Crippen MR) is 85.8 cm³/mol. The summed E-state index contributed by atoms with van der Waals surface area (Å²) in [5.41, 5.74) is 1.66. The van der Waals surface area contributed by atoms with Gasteiger partial charge in [0.2, 0.25) is 5.91 Å². The maximum atomic E-state index is 12.7. The Morgan fingerprint density at radius 1 is 1.36 bits per heavy atom. The van der Waals surface area contributed by atoms with Gasteiger partial charge in [0.05, 0.1) is 11.9 Å². The molecule has 0 fully saturated rings. The van der Waals surface area contributed by atoms with Crippen molar-refractivity contribution in [3.63, 3.8) is 0 Å². The van der Waals surface area contributed by atoms with Crippen LogP contribution in [0.25, 0.3) is 0 Å². The lowest BCUT2D eigenvalue weighted by atomic mass is 10.1. The highest BCUT2D eigenvalue weighted by molar-refractivity contribution is 8.14. The molecule has 0 aliphatic carbocycles. The maximum Gasteiger partial charge on any atom is 0.329 e. The molecule has 1 heterocycles. The van der Waals surface area contributed by atoms with Crippen LogP contribution in [0.1, 0.15) is 26.3 Å². The molecular formula is C16H19NO4S. The number of thioether (sulfide) groups is 1. The Bertz CT molecular complexity index is 602. The first kappa shape index (κ1) is 16.5. The summed E-state index contributed by atoms with van der Waals surface area (Å²) in [5, 5.41) is -0.665. The normalized spacial score (nSPS) is 17.8. The molecule has 0 radical (unpaired) electrons. The summed E-state index contributed by atoms with van der Waals surface area (Å²) in [4.78, 5) is 37.6. The Balaban J connectivity index is 2.31. The molecule has 118 valence electrons. The summed E-state index contributed by atoms with van der Waals surface area (Å²) in [6, 6.07) is 6.77. The van der Waals surface area contributed by atoms with Crippen LogP contribution in [0.5, 0.6) is 0 Å². The van der Waals surface area contributed by atoms with Crippen LogP contribution in [0.3, 0.4) is 0 Å². The first-order valence-electron chi connectivity index (χ1n) is 7.20. The van der Waals surface area contributed by atoms with E-state index in [1.807, 2.05) is 24.3 Å². The van der Waals surface area contributed by atoms with E-state index < -0.39 is 17.3 Å². The predicted octanol–water partition coefficient (Wildman–Crippen LogP) is 2.18. The summed E-state index contributed by atoms with van der Waals surface area (Å²) in [6.45, 7) is 5.11. The van der Waals surface area contributed by atoms with E-state index >= 15 is 0 Å². The molecule has 22 heavy (non-hydrogen) atoms. The number of para-hydroxylation sites is 1. The van der Waals surface area contributed by atoms with E-state index in [-0.39, 0.29) is 17.6 Å². The molecule has 6 heteroatoms. The first-order valence-corrected chi connectivity index (χ1v) is 8.08. The van der Waals surface area contributed by atoms with Crippen LogP contribution in [-0.4, -0.2) is 34.9 Å². The van der Waals surface area contributed by atoms with Crippen LogP contribution in [0.15, 0.2) is 24.3 Å². The number of carbonyl (C=O) groups excluding carboxylic acids is 3. The number of ether oxygens (including phenoxy) is 1. The van der Waals surface area contributed by atoms with Crippen molar-refractivity contribution in [3.8, 4) is 0 Å². The molecule has 2 unspecified atom stereocenters. The van der Waals surface area contributed by atoms with Crippen LogP contribution in [0.4, 0.5) is 5.69 Å². The van der Waals surface area contributed by atoms with Gasteiger partial charge in [0.1, 0.15) is 6.04 Å². The van der Waals surface area contributed by atoms with Crippen molar-refractivity contribution in [2.24, 2.45) is 0 Å². The Kier molecular flexibility index (Phi) is 5.24. The second-order valence-corrected chi connectivity index (χ2v) is 6.58. The van der Waals surface area contributed by atoms with Gasteiger partial charge in [-0.1, -0.05) is 30.0 Å². The quantitative estimate of drug-likeness (QED) is 0.795. The van der Waals surface area contributed by atoms with Gasteiger partial charge >= 0.3 is 5.97 Å². The van der Waals surface area contributed by atoms with Gasteiger partial charge < -0.3 is 4.74 Å². The highest BCUT2D eigenvalue weighted by Crippen LogP contribution is 2.34. The van der Waals surface area contributed by atoms with E-state index in [1.54, 1.807) is 13.8 Å². The van der Waals surface area contributed by atoms with Crippen LogP contribution in [-0.2, 0) is 25.5 Å². The fourth-order valence-corrected chi connectivity index (χ4v) is 3.29. The number of hydrogen-bond acceptors (Lipinski definition) is 5. The summed E-state index contributed by atoms with van der Waals surface area (Å²) < 4.78 is 5.09. The van der Waals surface area contributed by atoms with E-state index in [0.29, 0.717) is 6.42 Å². The number of esters is 1. The molecule has 1 aromatic rings. The van der Waals surface area contributed by atoms with Crippen molar-refractivity contribution in [2.75, 3.05) is 11.5 Å². The molecule has 1 aliphatic heterocycles. The molecule has 1 amide bonds. The third-order valence-electron chi connectivity index (χ3n) is 3.46. The number of rotatable bonds is 4. The number of amides is 1. The minimum atomic E-state index is -0.653. The van der Waals surface area contributed by atoms with Gasteiger partial charge in [0, 0.05) is 19.0 Å². The maximum absolute atomic E-state index is 12.7. The lowest BCUT2D eigenvalue weighted by Crippen LogP contribution is -2.47. The molecule has 0 spiro atoms. The minimum Gasteiger partial charge on any atom is -0.464 e. The monoisotopic (exact) mass is 321 g/mol. The molecule has 0 saturated heterocycles. The average Bonchev–Trinajstić information content (AvgIpc) is 2.85. The Hall–Kier alpha value is -1.82. The lowest BCUT2D eigenvalue weighted by Gasteiger charge is -2.26. The summed E-state index contributed by atoms with van der Waals surface area (Å²) in [6.07, 6.45) is 0.443. The average molecular weight is 321 g/mol. The van der Waals surface area contributed by atoms with Gasteiger partial charge in [-0.15, -0.1) is 0 Å². The summed E-state index contributed by atoms with van der Waals surface area (Å²) in [5.74, 6) is -0.657. The van der Waals surface area contributed by atoms with Gasteiger partial charge in [-0.25, -0.2) is 4.79 Å². The van der Waals surface area contributed by atoms with Crippen LogP contribution in [0, 0.1) is 0 Å².